The van der Waals surface area contributed by atoms with E-state index in [2.05, 4.69) is 0 Å². The summed E-state index contributed by atoms with van der Waals surface area (Å²) < 4.78 is 18.2. The Morgan fingerprint density at radius 2 is 0.771 bits per heavy atom. The van der Waals surface area contributed by atoms with Crippen molar-refractivity contribution < 1.29 is 14.2 Å². The van der Waals surface area contributed by atoms with Crippen LogP contribution in [-0.4, -0.2) is 13.2 Å². The maximum atomic E-state index is 6.91. The van der Waals surface area contributed by atoms with Gasteiger partial charge in [0.1, 0.15) is 23.7 Å². The number of halogens is 2. The quantitative estimate of drug-likeness (QED) is 0.215. The molecule has 2 atom stereocenters. The van der Waals surface area contributed by atoms with Gasteiger partial charge in [-0.1, -0.05) is 71.7 Å². The van der Waals surface area contributed by atoms with Crippen molar-refractivity contribution >= 4 is 23.2 Å². The zero-order valence-corrected chi connectivity index (χ0v) is 21.3. The molecule has 35 heavy (non-hydrogen) atoms. The molecule has 0 aliphatic rings. The maximum absolute atomic E-state index is 6.91. The standard InChI is InChI=1S/C30H28Cl2O3/c1-3-33-27-17-9-23(10-18-27)29(21-5-13-25(31)14-6-21)35-30(22-7-15-26(32)16-8-22)24-11-19-28(20-12-24)34-4-2/h5-20,29-30H,3-4H2,1-2H3. The molecule has 0 aromatic heterocycles. The Balaban J connectivity index is 1.75. The molecule has 0 fully saturated rings. The second kappa shape index (κ2) is 12.1. The second-order valence-electron chi connectivity index (χ2n) is 8.00. The summed E-state index contributed by atoms with van der Waals surface area (Å²) in [5.74, 6) is 1.65. The van der Waals surface area contributed by atoms with Gasteiger partial charge < -0.3 is 14.2 Å². The van der Waals surface area contributed by atoms with Crippen molar-refractivity contribution in [3.05, 3.63) is 129 Å². The van der Waals surface area contributed by atoms with E-state index in [4.69, 9.17) is 37.4 Å². The third-order valence-electron chi connectivity index (χ3n) is 5.61. The third-order valence-corrected chi connectivity index (χ3v) is 6.11. The van der Waals surface area contributed by atoms with Crippen LogP contribution in [0.3, 0.4) is 0 Å². The van der Waals surface area contributed by atoms with Crippen LogP contribution in [0.4, 0.5) is 0 Å². The Morgan fingerprint density at radius 1 is 0.486 bits per heavy atom. The number of ether oxygens (including phenoxy) is 3. The molecule has 2 unspecified atom stereocenters. The minimum Gasteiger partial charge on any atom is -0.494 e. The van der Waals surface area contributed by atoms with Crippen LogP contribution in [0, 0.1) is 0 Å². The molecule has 5 heteroatoms. The average molecular weight is 507 g/mol. The molecule has 0 bridgehead atoms. The second-order valence-corrected chi connectivity index (χ2v) is 8.88. The normalized spacial score (nSPS) is 12.7. The van der Waals surface area contributed by atoms with Crippen molar-refractivity contribution in [2.75, 3.05) is 13.2 Å². The summed E-state index contributed by atoms with van der Waals surface area (Å²) in [7, 11) is 0. The summed E-state index contributed by atoms with van der Waals surface area (Å²) in [5, 5.41) is 1.36. The summed E-state index contributed by atoms with van der Waals surface area (Å²) in [6.07, 6.45) is -0.676. The predicted molar refractivity (Wildman–Crippen MR) is 143 cm³/mol. The van der Waals surface area contributed by atoms with Crippen LogP contribution in [0.1, 0.15) is 48.3 Å². The van der Waals surface area contributed by atoms with Crippen molar-refractivity contribution in [1.29, 1.82) is 0 Å². The average Bonchev–Trinajstić information content (AvgIpc) is 2.88. The molecule has 180 valence electrons. The minimum absolute atomic E-state index is 0.338. The van der Waals surface area contributed by atoms with Crippen LogP contribution >= 0.6 is 23.2 Å². The van der Waals surface area contributed by atoms with Crippen LogP contribution in [0.15, 0.2) is 97.1 Å². The molecule has 0 saturated carbocycles. The van der Waals surface area contributed by atoms with E-state index >= 15 is 0 Å². The minimum atomic E-state index is -0.338. The first-order valence-corrected chi connectivity index (χ1v) is 12.4. The maximum Gasteiger partial charge on any atom is 0.119 e. The van der Waals surface area contributed by atoms with Crippen molar-refractivity contribution in [2.45, 2.75) is 26.1 Å². The lowest BCUT2D eigenvalue weighted by molar-refractivity contribution is 0.0308. The fraction of sp³-hybridized carbons (Fsp3) is 0.200. The van der Waals surface area contributed by atoms with Gasteiger partial charge in [-0.05, 0) is 84.6 Å². The van der Waals surface area contributed by atoms with Gasteiger partial charge in [-0.3, -0.25) is 0 Å². The number of hydrogen-bond acceptors (Lipinski definition) is 3. The Kier molecular flexibility index (Phi) is 8.70. The highest BCUT2D eigenvalue weighted by atomic mass is 35.5. The smallest absolute Gasteiger partial charge is 0.119 e. The van der Waals surface area contributed by atoms with Crippen LogP contribution in [0.5, 0.6) is 11.5 Å². The number of rotatable bonds is 10. The van der Waals surface area contributed by atoms with Crippen LogP contribution in [0.25, 0.3) is 0 Å². The summed E-state index contributed by atoms with van der Waals surface area (Å²) in [4.78, 5) is 0. The molecule has 3 nitrogen and oxygen atoms in total. The molecular weight excluding hydrogens is 479 g/mol. The molecule has 4 aromatic rings. The molecule has 0 N–H and O–H groups in total. The zero-order chi connectivity index (χ0) is 24.6. The van der Waals surface area contributed by atoms with E-state index in [1.165, 1.54) is 0 Å². The van der Waals surface area contributed by atoms with Crippen molar-refractivity contribution in [2.24, 2.45) is 0 Å². The monoisotopic (exact) mass is 506 g/mol. The number of hydrogen-bond donors (Lipinski definition) is 0. The molecule has 0 spiro atoms. The molecule has 0 aliphatic carbocycles. The molecule has 0 saturated heterocycles. The molecule has 0 heterocycles. The lowest BCUT2D eigenvalue weighted by atomic mass is 9.97. The summed E-state index contributed by atoms with van der Waals surface area (Å²) in [6, 6.07) is 31.6. The van der Waals surface area contributed by atoms with E-state index in [0.29, 0.717) is 23.3 Å². The summed E-state index contributed by atoms with van der Waals surface area (Å²) >= 11 is 12.4. The fourth-order valence-corrected chi connectivity index (χ4v) is 4.17. The van der Waals surface area contributed by atoms with Gasteiger partial charge in [-0.25, -0.2) is 0 Å². The van der Waals surface area contributed by atoms with Gasteiger partial charge in [0.05, 0.1) is 13.2 Å². The largest absolute Gasteiger partial charge is 0.494 e. The highest BCUT2D eigenvalue weighted by Crippen LogP contribution is 2.37. The van der Waals surface area contributed by atoms with E-state index in [1.54, 1.807) is 0 Å². The third kappa shape index (κ3) is 6.58. The Hall–Kier alpha value is -2.98. The van der Waals surface area contributed by atoms with Crippen molar-refractivity contribution in [3.8, 4) is 11.5 Å². The lowest BCUT2D eigenvalue weighted by Gasteiger charge is -2.27. The van der Waals surface area contributed by atoms with Gasteiger partial charge >= 0.3 is 0 Å². The van der Waals surface area contributed by atoms with Gasteiger partial charge in [0.25, 0.3) is 0 Å². The van der Waals surface area contributed by atoms with E-state index in [0.717, 1.165) is 33.8 Å². The molecule has 4 rings (SSSR count). The van der Waals surface area contributed by atoms with Gasteiger partial charge in [0.15, 0.2) is 0 Å². The van der Waals surface area contributed by atoms with Gasteiger partial charge in [-0.15, -0.1) is 0 Å². The highest BCUT2D eigenvalue weighted by Gasteiger charge is 2.24. The molecule has 4 aromatic carbocycles. The van der Waals surface area contributed by atoms with Crippen LogP contribution in [0.2, 0.25) is 10.0 Å². The zero-order valence-electron chi connectivity index (χ0n) is 19.8. The predicted octanol–water partition coefficient (Wildman–Crippen LogP) is 8.69. The molecule has 0 aliphatic heterocycles. The molecule has 0 amide bonds. The Bertz CT molecular complexity index is 1090. The van der Waals surface area contributed by atoms with E-state index in [1.807, 2.05) is 111 Å². The lowest BCUT2D eigenvalue weighted by Crippen LogP contribution is -2.13. The summed E-state index contributed by atoms with van der Waals surface area (Å²) in [5.41, 5.74) is 4.04. The SMILES string of the molecule is CCOc1ccc(C(OC(c2ccc(Cl)cc2)c2ccc(OCC)cc2)c2ccc(Cl)cc2)cc1. The van der Waals surface area contributed by atoms with Gasteiger partial charge in [0.2, 0.25) is 0 Å². The number of benzene rings is 4. The molecule has 0 radical (unpaired) electrons. The van der Waals surface area contributed by atoms with E-state index in [-0.39, 0.29) is 12.2 Å². The first-order valence-electron chi connectivity index (χ1n) is 11.7. The molecular formula is C30H28Cl2O3. The topological polar surface area (TPSA) is 27.7 Å². The first kappa shape index (κ1) is 25.1. The van der Waals surface area contributed by atoms with Crippen LogP contribution < -0.4 is 9.47 Å². The van der Waals surface area contributed by atoms with E-state index in [9.17, 15) is 0 Å². The Morgan fingerprint density at radius 3 is 1.06 bits per heavy atom. The summed E-state index contributed by atoms with van der Waals surface area (Å²) in [6.45, 7) is 5.18. The van der Waals surface area contributed by atoms with Gasteiger partial charge in [0, 0.05) is 10.0 Å². The van der Waals surface area contributed by atoms with Crippen LogP contribution in [-0.2, 0) is 4.74 Å². The first-order chi connectivity index (χ1) is 17.1. The van der Waals surface area contributed by atoms with Crippen molar-refractivity contribution in [3.63, 3.8) is 0 Å². The highest BCUT2D eigenvalue weighted by molar-refractivity contribution is 6.30. The van der Waals surface area contributed by atoms with Gasteiger partial charge in [-0.2, -0.15) is 0 Å². The van der Waals surface area contributed by atoms with E-state index < -0.39 is 0 Å². The Labute approximate surface area is 217 Å². The van der Waals surface area contributed by atoms with Crippen molar-refractivity contribution in [1.82, 2.24) is 0 Å². The fourth-order valence-electron chi connectivity index (χ4n) is 3.92.